The summed E-state index contributed by atoms with van der Waals surface area (Å²) in [5, 5.41) is 5.72. The largest absolute Gasteiger partial charge is 0.397 e. The highest BCUT2D eigenvalue weighted by Gasteiger charge is 2.53. The summed E-state index contributed by atoms with van der Waals surface area (Å²) < 4.78 is 0. The molecular formula is C28H50N2Si2. The molecule has 2 aromatic carbocycles. The Kier molecular flexibility index (Phi) is 8.04. The molecule has 0 aliphatic heterocycles. The number of fused-ring (bicyclic) bond motifs is 1. The maximum Gasteiger partial charge on any atom is 0.0969 e. The first-order valence-corrected chi connectivity index (χ1v) is 17.3. The lowest BCUT2D eigenvalue weighted by Crippen LogP contribution is -2.70. The number of nitrogen functional groups attached to an aromatic ring is 2. The van der Waals surface area contributed by atoms with Gasteiger partial charge in [-0.1, -0.05) is 107 Å². The van der Waals surface area contributed by atoms with Crippen molar-refractivity contribution in [1.82, 2.24) is 0 Å². The fourth-order valence-corrected chi connectivity index (χ4v) is 23.3. The van der Waals surface area contributed by atoms with Gasteiger partial charge in [0.1, 0.15) is 0 Å². The number of hydrogen-bond donors (Lipinski definition) is 2. The van der Waals surface area contributed by atoms with Gasteiger partial charge in [-0.05, 0) is 49.0 Å². The Morgan fingerprint density at radius 3 is 1.12 bits per heavy atom. The van der Waals surface area contributed by atoms with Crippen molar-refractivity contribution in [2.45, 2.75) is 116 Å². The highest BCUT2D eigenvalue weighted by atomic mass is 28.3. The van der Waals surface area contributed by atoms with Crippen LogP contribution in [0.2, 0.25) is 33.2 Å². The Morgan fingerprint density at radius 2 is 0.781 bits per heavy atom. The monoisotopic (exact) mass is 470 g/mol. The van der Waals surface area contributed by atoms with E-state index in [0.29, 0.717) is 33.2 Å². The lowest BCUT2D eigenvalue weighted by atomic mass is 10.1. The van der Waals surface area contributed by atoms with Crippen LogP contribution in [-0.4, -0.2) is 16.1 Å². The minimum absolute atomic E-state index is 0.585. The van der Waals surface area contributed by atoms with Gasteiger partial charge in [-0.2, -0.15) is 0 Å². The van der Waals surface area contributed by atoms with Crippen LogP contribution in [0.4, 0.5) is 11.4 Å². The molecule has 0 atom stereocenters. The van der Waals surface area contributed by atoms with Crippen LogP contribution < -0.4 is 21.8 Å². The average Bonchev–Trinajstić information content (AvgIpc) is 2.66. The first kappa shape index (κ1) is 27.0. The van der Waals surface area contributed by atoms with E-state index in [1.807, 2.05) is 0 Å². The summed E-state index contributed by atoms with van der Waals surface area (Å²) in [4.78, 5) is 0. The predicted octanol–water partition coefficient (Wildman–Crippen LogP) is 7.78. The van der Waals surface area contributed by atoms with E-state index >= 15 is 0 Å². The fourth-order valence-electron chi connectivity index (χ4n) is 8.12. The third kappa shape index (κ3) is 3.66. The molecule has 32 heavy (non-hydrogen) atoms. The third-order valence-corrected chi connectivity index (χ3v) is 23.4. The third-order valence-electron chi connectivity index (χ3n) is 8.89. The van der Waals surface area contributed by atoms with Crippen LogP contribution in [0, 0.1) is 0 Å². The van der Waals surface area contributed by atoms with Gasteiger partial charge in [-0.3, -0.25) is 0 Å². The van der Waals surface area contributed by atoms with Crippen molar-refractivity contribution in [2.75, 3.05) is 11.5 Å². The molecule has 0 heterocycles. The Bertz CT molecular complexity index is 899. The molecule has 2 rings (SSSR count). The maximum atomic E-state index is 7.18. The molecule has 0 unspecified atom stereocenters. The highest BCUT2D eigenvalue weighted by Crippen LogP contribution is 2.48. The zero-order chi connectivity index (χ0) is 24.8. The first-order valence-electron chi connectivity index (χ1n) is 12.8. The lowest BCUT2D eigenvalue weighted by Gasteiger charge is -2.52. The van der Waals surface area contributed by atoms with E-state index in [-0.39, 0.29) is 0 Å². The van der Waals surface area contributed by atoms with E-state index in [1.54, 1.807) is 5.19 Å². The van der Waals surface area contributed by atoms with Gasteiger partial charge in [0.05, 0.1) is 27.5 Å². The van der Waals surface area contributed by atoms with Crippen LogP contribution in [0.5, 0.6) is 0 Å². The van der Waals surface area contributed by atoms with Crippen molar-refractivity contribution in [3.8, 4) is 0 Å². The summed E-state index contributed by atoms with van der Waals surface area (Å²) in [7, 11) is -4.07. The van der Waals surface area contributed by atoms with Crippen LogP contribution in [0.1, 0.15) is 83.1 Å². The van der Waals surface area contributed by atoms with E-state index in [1.165, 1.54) is 10.6 Å². The molecular weight excluding hydrogens is 420 g/mol. The second-order valence-electron chi connectivity index (χ2n) is 11.9. The van der Waals surface area contributed by atoms with E-state index in [2.05, 4.69) is 107 Å². The average molecular weight is 471 g/mol. The number of rotatable bonds is 8. The molecule has 0 fully saturated rings. The first-order chi connectivity index (χ1) is 14.7. The van der Waals surface area contributed by atoms with Crippen molar-refractivity contribution < 1.29 is 0 Å². The van der Waals surface area contributed by atoms with Gasteiger partial charge < -0.3 is 11.5 Å². The summed E-state index contributed by atoms with van der Waals surface area (Å²) in [5.74, 6) is 0. The SMILES string of the molecule is CC(C)[Si](c1c(N)c(N)c2ccccc2c1[Si](C(C)C)(C(C)C)C(C)C)(C(C)C)C(C)C. The molecule has 0 saturated carbocycles. The van der Waals surface area contributed by atoms with Gasteiger partial charge in [0.25, 0.3) is 0 Å². The smallest absolute Gasteiger partial charge is 0.0969 e. The molecule has 0 aliphatic carbocycles. The van der Waals surface area contributed by atoms with Gasteiger partial charge in [0.2, 0.25) is 0 Å². The predicted molar refractivity (Wildman–Crippen MR) is 154 cm³/mol. The zero-order valence-corrected chi connectivity index (χ0v) is 24.9. The van der Waals surface area contributed by atoms with Crippen molar-refractivity contribution in [2.24, 2.45) is 0 Å². The molecule has 2 nitrogen and oxygen atoms in total. The van der Waals surface area contributed by atoms with Gasteiger partial charge in [-0.25, -0.2) is 0 Å². The van der Waals surface area contributed by atoms with E-state index < -0.39 is 16.1 Å². The van der Waals surface area contributed by atoms with Crippen molar-refractivity contribution in [1.29, 1.82) is 0 Å². The molecule has 0 bridgehead atoms. The minimum Gasteiger partial charge on any atom is -0.397 e. The summed E-state index contributed by atoms with van der Waals surface area (Å²) in [5.41, 5.74) is 19.4. The normalized spacial score (nSPS) is 13.7. The molecule has 0 radical (unpaired) electrons. The summed E-state index contributed by atoms with van der Waals surface area (Å²) in [6, 6.07) is 8.86. The van der Waals surface area contributed by atoms with Crippen LogP contribution >= 0.6 is 0 Å². The zero-order valence-electron chi connectivity index (χ0n) is 22.9. The number of nitrogens with two attached hydrogens (primary N) is 2. The summed E-state index contributed by atoms with van der Waals surface area (Å²) >= 11 is 0. The quantitative estimate of drug-likeness (QED) is 0.306. The van der Waals surface area contributed by atoms with Gasteiger partial charge >= 0.3 is 0 Å². The van der Waals surface area contributed by atoms with Crippen LogP contribution in [0.15, 0.2) is 24.3 Å². The molecule has 0 aliphatic rings. The summed E-state index contributed by atoms with van der Waals surface area (Å²) in [6.07, 6.45) is 0. The lowest BCUT2D eigenvalue weighted by molar-refractivity contribution is 0.828. The molecule has 0 aromatic heterocycles. The number of benzene rings is 2. The van der Waals surface area contributed by atoms with Crippen LogP contribution in [0.25, 0.3) is 10.8 Å². The van der Waals surface area contributed by atoms with E-state index in [4.69, 9.17) is 11.5 Å². The summed E-state index contributed by atoms with van der Waals surface area (Å²) in [6.45, 7) is 29.5. The molecule has 4 heteroatoms. The Hall–Kier alpha value is -1.27. The molecule has 0 amide bonds. The molecule has 4 N–H and O–H groups in total. The Labute approximate surface area is 200 Å². The second kappa shape index (κ2) is 9.54. The van der Waals surface area contributed by atoms with Crippen molar-refractivity contribution in [3.63, 3.8) is 0 Å². The van der Waals surface area contributed by atoms with Gasteiger partial charge in [0.15, 0.2) is 0 Å². The minimum atomic E-state index is -2.06. The topological polar surface area (TPSA) is 52.0 Å². The molecule has 0 saturated heterocycles. The van der Waals surface area contributed by atoms with Crippen molar-refractivity contribution >= 4 is 48.7 Å². The van der Waals surface area contributed by atoms with Crippen LogP contribution in [-0.2, 0) is 0 Å². The standard InChI is InChI=1S/C28H50N2Si2/c1-17(2)31(18(3)4,19(5)6)27-24-16-14-13-15-23(24)25(29)26(30)28(27)32(20(7)8,21(9)10)22(11)12/h13-22H,29-30H2,1-12H3. The number of hydrogen-bond acceptors (Lipinski definition) is 2. The molecule has 180 valence electrons. The Morgan fingerprint density at radius 1 is 0.469 bits per heavy atom. The molecule has 0 spiro atoms. The fraction of sp³-hybridized carbons (Fsp3) is 0.643. The maximum absolute atomic E-state index is 7.18. The van der Waals surface area contributed by atoms with E-state index in [9.17, 15) is 0 Å². The molecule has 2 aromatic rings. The van der Waals surface area contributed by atoms with Gasteiger partial charge in [-0.15, -0.1) is 0 Å². The second-order valence-corrected chi connectivity index (χ2v) is 23.6. The van der Waals surface area contributed by atoms with Crippen molar-refractivity contribution in [3.05, 3.63) is 24.3 Å². The van der Waals surface area contributed by atoms with E-state index in [0.717, 1.165) is 16.8 Å². The van der Waals surface area contributed by atoms with Crippen LogP contribution in [0.3, 0.4) is 0 Å². The number of anilines is 2. The Balaban J connectivity index is 3.40. The van der Waals surface area contributed by atoms with Gasteiger partial charge in [0, 0.05) is 5.39 Å². The highest BCUT2D eigenvalue weighted by molar-refractivity contribution is 7.06.